The van der Waals surface area contributed by atoms with Crippen LogP contribution < -0.4 is 0 Å². The van der Waals surface area contributed by atoms with Crippen molar-refractivity contribution >= 4 is 43.9 Å². The molecule has 1 radical (unpaired) electrons. The molecule has 7 heteroatoms. The molecule has 0 aromatic heterocycles. The normalized spacial score (nSPS) is 3.00. The van der Waals surface area contributed by atoms with Crippen molar-refractivity contribution in [2.45, 2.75) is 0 Å². The first-order valence-corrected chi connectivity index (χ1v) is 0.651. The first-order valence-electron chi connectivity index (χ1n) is 0.651. The van der Waals surface area contributed by atoms with Crippen molar-refractivity contribution in [3.63, 3.8) is 0 Å². The van der Waals surface area contributed by atoms with Gasteiger partial charge in [-0.05, 0) is 0 Å². The van der Waals surface area contributed by atoms with Crippen molar-refractivity contribution in [3.05, 3.63) is 0 Å². The van der Waals surface area contributed by atoms with Gasteiger partial charge in [0.05, 0.1) is 0 Å². The maximum atomic E-state index is 8.56. The number of halogens is 1. The summed E-state index contributed by atoms with van der Waals surface area (Å²) in [6.45, 7) is 0. The van der Waals surface area contributed by atoms with Crippen LogP contribution in [0.3, 0.4) is 0 Å². The van der Waals surface area contributed by atoms with Crippen LogP contribution in [0.25, 0.3) is 0 Å². The van der Waals surface area contributed by atoms with Crippen molar-refractivity contribution in [1.29, 1.82) is 0 Å². The van der Waals surface area contributed by atoms with E-state index in [9.17, 15) is 0 Å². The molecule has 0 amide bonds. The number of carboxylic acid groups (broad SMARTS) is 2. The molecule has 0 saturated carbocycles. The van der Waals surface area contributed by atoms with Gasteiger partial charge in [-0.3, -0.25) is 4.70 Å². The van der Waals surface area contributed by atoms with Gasteiger partial charge in [-0.25, -0.2) is 4.79 Å². The Balaban J connectivity index is -0.00000000750. The van der Waals surface area contributed by atoms with Crippen LogP contribution in [0.5, 0.6) is 0 Å². The molecular formula is CH5CaCeFLaO3. The predicted molar refractivity (Wildman–Crippen MR) is 21.7 cm³/mol. The van der Waals surface area contributed by atoms with Gasteiger partial charge in [0.25, 0.3) is 0 Å². The quantitative estimate of drug-likeness (QED) is 0.535. The summed E-state index contributed by atoms with van der Waals surface area (Å²) in [5.41, 5.74) is 0. The molecule has 2 N–H and O–H groups in total. The summed E-state index contributed by atoms with van der Waals surface area (Å²) in [6, 6.07) is 0. The molecule has 0 aliphatic rings. The monoisotopic (exact) mass is 403 g/mol. The molecule has 0 rings (SSSR count). The fraction of sp³-hybridized carbons (Fsp3) is 0. The van der Waals surface area contributed by atoms with Crippen LogP contribution in [-0.2, 0) is 0 Å². The molecule has 0 atom stereocenters. The van der Waals surface area contributed by atoms with E-state index in [-0.39, 0.29) is 120 Å². The number of hydrogen-bond donors (Lipinski definition) is 2. The summed E-state index contributed by atoms with van der Waals surface area (Å²) in [7, 11) is 0. The van der Waals surface area contributed by atoms with E-state index >= 15 is 0 Å². The number of rotatable bonds is 0. The van der Waals surface area contributed by atoms with Crippen molar-refractivity contribution in [1.82, 2.24) is 0 Å². The van der Waals surface area contributed by atoms with Crippen LogP contribution in [0.2, 0.25) is 0 Å². The Morgan fingerprint density at radius 1 is 1.25 bits per heavy atom. The van der Waals surface area contributed by atoms with E-state index in [2.05, 4.69) is 0 Å². The standard InChI is InChI=1S/CH2O3.Ca.Ce.FH.La.2H/c2-1(3)4;;;;;;/h(H2,2,3,4);;;1H;;;. The second-order valence-electron chi connectivity index (χ2n) is 0.283. The Morgan fingerprint density at radius 2 is 1.25 bits per heavy atom. The minimum Gasteiger partial charge on any atom is 0 e. The third kappa shape index (κ3) is 63.4. The fourth-order valence-electron chi connectivity index (χ4n) is 0. The van der Waals surface area contributed by atoms with Crippen LogP contribution in [0, 0.1) is 77.3 Å². The zero-order valence-corrected chi connectivity index (χ0v) is 10.1. The van der Waals surface area contributed by atoms with Gasteiger partial charge >= 0.3 is 43.9 Å². The summed E-state index contributed by atoms with van der Waals surface area (Å²) in [6.07, 6.45) is -1.83. The van der Waals surface area contributed by atoms with Gasteiger partial charge in [0.1, 0.15) is 0 Å². The Morgan fingerprint density at radius 3 is 1.25 bits per heavy atom. The van der Waals surface area contributed by atoms with Crippen LogP contribution in [0.1, 0.15) is 0 Å². The van der Waals surface area contributed by atoms with Gasteiger partial charge in [0.15, 0.2) is 0 Å². The van der Waals surface area contributed by atoms with E-state index in [1.807, 2.05) is 0 Å². The maximum Gasteiger partial charge on any atom is 0 e. The Bertz CT molecular complexity index is 42.3. The second-order valence-corrected chi connectivity index (χ2v) is 0.283. The average molecular weight is 403 g/mol. The largest absolute Gasteiger partial charge is 0 e. The molecule has 0 saturated heterocycles. The minimum atomic E-state index is -1.83. The van der Waals surface area contributed by atoms with Crippen molar-refractivity contribution in [3.8, 4) is 0 Å². The van der Waals surface area contributed by atoms with E-state index < -0.39 is 6.16 Å². The van der Waals surface area contributed by atoms with Gasteiger partial charge in [0.2, 0.25) is 0 Å². The molecular weight excluding hydrogens is 398 g/mol. The van der Waals surface area contributed by atoms with Gasteiger partial charge in [-0.15, -0.1) is 0 Å². The summed E-state index contributed by atoms with van der Waals surface area (Å²) in [5.74, 6) is 0. The van der Waals surface area contributed by atoms with Crippen LogP contribution >= 0.6 is 0 Å². The Kier molecular flexibility index (Phi) is 85.8. The topological polar surface area (TPSA) is 57.5 Å². The van der Waals surface area contributed by atoms with Gasteiger partial charge in [-0.2, -0.15) is 0 Å². The summed E-state index contributed by atoms with van der Waals surface area (Å²) >= 11 is 0. The molecule has 0 aliphatic carbocycles. The molecule has 0 fully saturated rings. The second kappa shape index (κ2) is 22.5. The molecule has 0 aromatic carbocycles. The first-order chi connectivity index (χ1) is 1.73. The van der Waals surface area contributed by atoms with E-state index in [4.69, 9.17) is 15.0 Å². The molecule has 0 spiro atoms. The minimum absolute atomic E-state index is 0. The van der Waals surface area contributed by atoms with Crippen LogP contribution in [0.4, 0.5) is 9.50 Å². The van der Waals surface area contributed by atoms with E-state index in [0.29, 0.717) is 0 Å². The molecule has 0 aliphatic heterocycles. The van der Waals surface area contributed by atoms with Gasteiger partial charge < -0.3 is 10.2 Å². The van der Waals surface area contributed by atoms with Crippen LogP contribution in [-0.4, -0.2) is 54.1 Å². The van der Waals surface area contributed by atoms with E-state index in [0.717, 1.165) is 0 Å². The molecule has 3 nitrogen and oxygen atoms in total. The van der Waals surface area contributed by atoms with E-state index in [1.165, 1.54) is 0 Å². The maximum absolute atomic E-state index is 8.56. The summed E-state index contributed by atoms with van der Waals surface area (Å²) < 4.78 is 0. The zero-order valence-electron chi connectivity index (χ0n) is 3.29. The van der Waals surface area contributed by atoms with E-state index in [1.54, 1.807) is 0 Å². The first kappa shape index (κ1) is 30.5. The van der Waals surface area contributed by atoms with Crippen molar-refractivity contribution < 1.29 is 97.1 Å². The molecule has 8 heavy (non-hydrogen) atoms. The third-order valence-corrected chi connectivity index (χ3v) is 0. The molecule has 0 unspecified atom stereocenters. The smallest absolute Gasteiger partial charge is 0 e. The average Bonchev–Trinajstić information content (AvgIpc) is 0.811. The fourth-order valence-corrected chi connectivity index (χ4v) is 0. The van der Waals surface area contributed by atoms with Crippen molar-refractivity contribution in [2.24, 2.45) is 0 Å². The molecule has 43 valence electrons. The summed E-state index contributed by atoms with van der Waals surface area (Å²) in [5, 5.41) is 13.9. The number of hydrogen-bond acceptors (Lipinski definition) is 1. The van der Waals surface area contributed by atoms with Crippen molar-refractivity contribution in [2.75, 3.05) is 0 Å². The molecule has 0 aromatic rings. The zero-order chi connectivity index (χ0) is 3.58. The predicted octanol–water partition coefficient (Wildman–Crippen LogP) is -0.541. The van der Waals surface area contributed by atoms with Gasteiger partial charge in [-0.1, -0.05) is 0 Å². The Labute approximate surface area is 137 Å². The number of carbonyl (C=O) groups is 1. The van der Waals surface area contributed by atoms with Crippen LogP contribution in [0.15, 0.2) is 0 Å². The molecule has 0 bridgehead atoms. The summed E-state index contributed by atoms with van der Waals surface area (Å²) in [4.78, 5) is 8.56. The third-order valence-electron chi connectivity index (χ3n) is 0. The SMILES string of the molecule is F.O=C(O)O.[CaH2].[Ce].[La]. The molecule has 0 heterocycles. The Hall–Kier alpha value is 3.03. The van der Waals surface area contributed by atoms with Gasteiger partial charge in [0, 0.05) is 77.3 Å².